The van der Waals surface area contributed by atoms with E-state index in [1.807, 2.05) is 56.6 Å². The minimum atomic E-state index is -0.752. The molecule has 4 amide bonds. The molecule has 8 atom stereocenters. The summed E-state index contributed by atoms with van der Waals surface area (Å²) in [5.41, 5.74) is 5.65. The number of nitrogens with zero attached hydrogens (tertiary/aromatic N) is 4. The lowest BCUT2D eigenvalue weighted by Crippen LogP contribution is -2.54. The van der Waals surface area contributed by atoms with Gasteiger partial charge in [0, 0.05) is 36.4 Å². The lowest BCUT2D eigenvalue weighted by molar-refractivity contribution is -0.139. The molecule has 0 spiro atoms. The van der Waals surface area contributed by atoms with Crippen molar-refractivity contribution in [2.75, 3.05) is 34.5 Å². The highest BCUT2D eigenvalue weighted by Crippen LogP contribution is 2.77. The first kappa shape index (κ1) is 43.1. The molecule has 64 heavy (non-hydrogen) atoms. The van der Waals surface area contributed by atoms with E-state index < -0.39 is 24.3 Å². The first-order valence-electron chi connectivity index (χ1n) is 22.3. The number of rotatable bonds is 13. The zero-order chi connectivity index (χ0) is 45.4. The summed E-state index contributed by atoms with van der Waals surface area (Å²) in [7, 11) is 4.26. The van der Waals surface area contributed by atoms with E-state index in [2.05, 4.69) is 76.1 Å². The van der Waals surface area contributed by atoms with Crippen LogP contribution in [0.4, 0.5) is 9.59 Å². The van der Waals surface area contributed by atoms with Gasteiger partial charge in [-0.2, -0.15) is 0 Å². The number of aromatic nitrogens is 4. The summed E-state index contributed by atoms with van der Waals surface area (Å²) in [5.74, 6) is 1.38. The summed E-state index contributed by atoms with van der Waals surface area (Å²) in [6.07, 6.45) is 0.502. The number of nitrogens with one attached hydrogen (secondary N) is 4. The Hall–Kier alpha value is -6.22. The van der Waals surface area contributed by atoms with Crippen LogP contribution in [0.2, 0.25) is 0 Å². The molecule has 1 unspecified atom stereocenters. The Morgan fingerprint density at radius 2 is 1.36 bits per heavy atom. The molecule has 15 heteroatoms. The van der Waals surface area contributed by atoms with Gasteiger partial charge in [-0.1, -0.05) is 71.0 Å². The third-order valence-corrected chi connectivity index (χ3v) is 14.1. The number of likely N-dealkylation sites (tertiary alicyclic amines) is 1. The number of alkyl carbamates (subject to hydrolysis) is 2. The van der Waals surface area contributed by atoms with Crippen LogP contribution in [-0.2, 0) is 23.8 Å². The van der Waals surface area contributed by atoms with Gasteiger partial charge in [-0.3, -0.25) is 9.59 Å². The number of H-pyrrole nitrogens is 2. The summed E-state index contributed by atoms with van der Waals surface area (Å²) in [5, 5.41) is 9.59. The molecule has 336 valence electrons. The molecule has 0 bridgehead atoms. The number of ether oxygens (including phenoxy) is 3. The molecule has 4 N–H and O–H groups in total. The van der Waals surface area contributed by atoms with Gasteiger partial charge in [0.05, 0.1) is 55.0 Å². The van der Waals surface area contributed by atoms with Crippen LogP contribution >= 0.6 is 0 Å². The Morgan fingerprint density at radius 1 is 0.797 bits per heavy atom. The van der Waals surface area contributed by atoms with E-state index in [0.29, 0.717) is 37.1 Å². The van der Waals surface area contributed by atoms with Gasteiger partial charge in [0.15, 0.2) is 0 Å². The molecule has 2 aliphatic carbocycles. The molecule has 3 aliphatic rings. The molecule has 9 rings (SSSR count). The normalized spacial score (nSPS) is 22.8. The first-order valence-corrected chi connectivity index (χ1v) is 22.3. The van der Waals surface area contributed by atoms with Crippen molar-refractivity contribution < 1.29 is 33.4 Å². The molecular weight excluding hydrogens is 813 g/mol. The van der Waals surface area contributed by atoms with Crippen molar-refractivity contribution in [1.82, 2.24) is 40.4 Å². The lowest BCUT2D eigenvalue weighted by atomic mass is 9.98. The molecule has 3 fully saturated rings. The zero-order valence-corrected chi connectivity index (χ0v) is 37.9. The largest absolute Gasteiger partial charge is 0.453 e. The minimum Gasteiger partial charge on any atom is -0.453 e. The number of fused-ring (bicyclic) bond motifs is 7. The Balaban J connectivity index is 0.991. The summed E-state index contributed by atoms with van der Waals surface area (Å²) in [4.78, 5) is 73.9. The Morgan fingerprint density at radius 3 is 1.89 bits per heavy atom. The van der Waals surface area contributed by atoms with E-state index in [9.17, 15) is 19.2 Å². The smallest absolute Gasteiger partial charge is 0.407 e. The fraction of sp³-hybridized carbons (Fsp3) is 0.469. The van der Waals surface area contributed by atoms with E-state index in [1.54, 1.807) is 7.11 Å². The SMILES string of the molecule is COC[C@H]1C[C@@H](c2nc3c(ccc4cc(-c5ccc6c(ccc7[nH]c([C@H](C)N(C(=O)[C@@H](NC(=O)OC)C(C)C)[C@H]8[C@H]9CC98C)nc76)c5)ccc43)[nH]2)N(C(=O)[C@@H](NC(=O)OC)C(C)C)C1. The standard InChI is InChI=1S/C49H58N8O7/c1-24(2)38(54-47(60)63-8)45(58)56-22-27(23-62-7)18-37(56)44-51-36-17-13-31-20-29(11-15-33(31)41(36)53-44)28-10-14-32-30(19-28)12-16-35-40(32)52-43(50-35)26(5)57(42-34-21-49(34,42)6)46(59)39(25(3)4)55-48(61)64-9/h10-17,19-20,24-27,34,37-39,42H,18,21-23H2,1-9H3,(H,50,52)(H,51,53)(H,54,60)(H,55,61)/t26-,27-,34+,37-,38-,39-,42-,49?/m0/s1. The highest BCUT2D eigenvalue weighted by atomic mass is 16.5. The van der Waals surface area contributed by atoms with Crippen LogP contribution in [0.15, 0.2) is 60.7 Å². The van der Waals surface area contributed by atoms with Gasteiger partial charge in [0.25, 0.3) is 0 Å². The van der Waals surface area contributed by atoms with Crippen molar-refractivity contribution >= 4 is 67.6 Å². The van der Waals surface area contributed by atoms with Crippen molar-refractivity contribution in [1.29, 1.82) is 0 Å². The fourth-order valence-electron chi connectivity index (χ4n) is 10.2. The molecule has 4 aromatic carbocycles. The fourth-order valence-corrected chi connectivity index (χ4v) is 10.2. The Kier molecular flexibility index (Phi) is 11.0. The van der Waals surface area contributed by atoms with E-state index >= 15 is 0 Å². The number of imidazole rings is 2. The summed E-state index contributed by atoms with van der Waals surface area (Å²) in [6.45, 7) is 12.9. The van der Waals surface area contributed by atoms with Crippen molar-refractivity contribution in [2.45, 2.75) is 84.6 Å². The van der Waals surface area contributed by atoms with Gasteiger partial charge in [0.2, 0.25) is 11.8 Å². The van der Waals surface area contributed by atoms with Crippen LogP contribution in [0.25, 0.3) is 54.7 Å². The molecule has 2 saturated carbocycles. The van der Waals surface area contributed by atoms with Crippen molar-refractivity contribution in [3.8, 4) is 11.1 Å². The van der Waals surface area contributed by atoms with Crippen LogP contribution in [0, 0.1) is 29.1 Å². The molecule has 15 nitrogen and oxygen atoms in total. The van der Waals surface area contributed by atoms with Crippen LogP contribution < -0.4 is 10.6 Å². The third-order valence-electron chi connectivity index (χ3n) is 14.1. The van der Waals surface area contributed by atoms with Gasteiger partial charge in [-0.15, -0.1) is 0 Å². The molecule has 0 radical (unpaired) electrons. The maximum absolute atomic E-state index is 14.3. The molecule has 3 heterocycles. The predicted molar refractivity (Wildman–Crippen MR) is 244 cm³/mol. The second-order valence-corrected chi connectivity index (χ2v) is 19.0. The average molecular weight is 871 g/mol. The molecule has 1 saturated heterocycles. The monoisotopic (exact) mass is 870 g/mol. The number of carbonyl (C=O) groups is 4. The number of benzene rings is 4. The molecule has 6 aromatic rings. The summed E-state index contributed by atoms with van der Waals surface area (Å²) in [6, 6.07) is 19.0. The number of hydrogen-bond acceptors (Lipinski definition) is 9. The maximum atomic E-state index is 14.3. The molecule has 1 aliphatic heterocycles. The topological polar surface area (TPSA) is 184 Å². The number of aromatic amines is 2. The van der Waals surface area contributed by atoms with E-state index in [1.165, 1.54) is 14.2 Å². The van der Waals surface area contributed by atoms with Gasteiger partial charge in [-0.25, -0.2) is 19.6 Å². The summed E-state index contributed by atoms with van der Waals surface area (Å²) >= 11 is 0. The second kappa shape index (κ2) is 16.4. The number of amides is 4. The maximum Gasteiger partial charge on any atom is 0.407 e. The highest BCUT2D eigenvalue weighted by Gasteiger charge is 2.78. The quantitative estimate of drug-likeness (QED) is 0.0893. The number of methoxy groups -OCH3 is 3. The number of carbonyl (C=O) groups excluding carboxylic acids is 4. The average Bonchev–Trinajstić information content (AvgIpc) is 3.74. The van der Waals surface area contributed by atoms with Crippen LogP contribution in [0.5, 0.6) is 0 Å². The Bertz CT molecular complexity index is 2820. The first-order chi connectivity index (χ1) is 30.6. The lowest BCUT2D eigenvalue weighted by Gasteiger charge is -2.36. The molecular formula is C49H58N8O7. The van der Waals surface area contributed by atoms with Crippen LogP contribution in [0.1, 0.15) is 78.1 Å². The third kappa shape index (κ3) is 7.46. The molecule has 2 aromatic heterocycles. The van der Waals surface area contributed by atoms with Crippen molar-refractivity contribution in [3.05, 3.63) is 72.3 Å². The number of hydrogen-bond donors (Lipinski definition) is 4. The van der Waals surface area contributed by atoms with Crippen LogP contribution in [0.3, 0.4) is 0 Å². The predicted octanol–water partition coefficient (Wildman–Crippen LogP) is 8.01. The van der Waals surface area contributed by atoms with E-state index in [4.69, 9.17) is 24.2 Å². The van der Waals surface area contributed by atoms with Crippen molar-refractivity contribution in [2.24, 2.45) is 29.1 Å². The van der Waals surface area contributed by atoms with Gasteiger partial charge in [0.1, 0.15) is 23.7 Å². The van der Waals surface area contributed by atoms with Gasteiger partial charge in [-0.05, 0) is 89.1 Å². The zero-order valence-electron chi connectivity index (χ0n) is 37.9. The second-order valence-electron chi connectivity index (χ2n) is 19.0. The van der Waals surface area contributed by atoms with Crippen molar-refractivity contribution in [3.63, 3.8) is 0 Å². The van der Waals surface area contributed by atoms with Gasteiger partial charge < -0.3 is 44.6 Å². The Labute approximate surface area is 372 Å². The highest BCUT2D eigenvalue weighted by molar-refractivity contribution is 6.07. The summed E-state index contributed by atoms with van der Waals surface area (Å²) < 4.78 is 15.2. The van der Waals surface area contributed by atoms with Gasteiger partial charge >= 0.3 is 12.2 Å². The van der Waals surface area contributed by atoms with Crippen LogP contribution in [-0.4, -0.2) is 106 Å². The van der Waals surface area contributed by atoms with E-state index in [-0.39, 0.29) is 53.1 Å². The van der Waals surface area contributed by atoms with E-state index in [0.717, 1.165) is 61.2 Å². The minimum absolute atomic E-state index is 0.0966.